The number of hydrogen-bond acceptors (Lipinski definition) is 5. The van der Waals surface area contributed by atoms with Crippen LogP contribution in [0.25, 0.3) is 0 Å². The van der Waals surface area contributed by atoms with E-state index in [1.807, 2.05) is 59.5 Å². The Hall–Kier alpha value is -3.19. The molecule has 0 radical (unpaired) electrons. The molecular weight excluding hydrogens is 392 g/mol. The number of hydrogen-bond donors (Lipinski definition) is 1. The maximum absolute atomic E-state index is 13.4. The van der Waals surface area contributed by atoms with Gasteiger partial charge in [0.05, 0.1) is 17.7 Å². The average Bonchev–Trinajstić information content (AvgIpc) is 3.47. The molecule has 1 saturated heterocycles. The number of amides is 1. The van der Waals surface area contributed by atoms with E-state index >= 15 is 0 Å². The number of ether oxygens (including phenoxy) is 1. The fourth-order valence-electron chi connectivity index (χ4n) is 4.92. The third-order valence-corrected chi connectivity index (χ3v) is 6.53. The maximum Gasteiger partial charge on any atom is 0.257 e. The number of aromatic nitrogens is 3. The van der Waals surface area contributed by atoms with E-state index in [9.17, 15) is 9.90 Å². The van der Waals surface area contributed by atoms with Crippen molar-refractivity contribution in [1.29, 1.82) is 0 Å². The van der Waals surface area contributed by atoms with Crippen LogP contribution >= 0.6 is 0 Å². The molecule has 1 aliphatic carbocycles. The van der Waals surface area contributed by atoms with Crippen molar-refractivity contribution in [2.24, 2.45) is 11.8 Å². The molecule has 31 heavy (non-hydrogen) atoms. The van der Waals surface area contributed by atoms with Crippen molar-refractivity contribution in [2.45, 2.75) is 31.6 Å². The predicted octanol–water partition coefficient (Wildman–Crippen LogP) is 2.94. The third kappa shape index (κ3) is 4.05. The monoisotopic (exact) mass is 418 g/mol. The number of likely N-dealkylation sites (tertiary alicyclic amines) is 1. The van der Waals surface area contributed by atoms with Crippen molar-refractivity contribution in [3.05, 3.63) is 78.4 Å². The summed E-state index contributed by atoms with van der Waals surface area (Å²) < 4.78 is 7.75. The lowest BCUT2D eigenvalue weighted by molar-refractivity contribution is 0.0304. The Morgan fingerprint density at radius 3 is 2.55 bits per heavy atom. The number of carbonyl (C=O) groups is 1. The predicted molar refractivity (Wildman–Crippen MR) is 114 cm³/mol. The molecule has 2 aromatic carbocycles. The van der Waals surface area contributed by atoms with Gasteiger partial charge in [0.1, 0.15) is 25.0 Å². The molecule has 160 valence electrons. The highest BCUT2D eigenvalue weighted by Crippen LogP contribution is 2.41. The van der Waals surface area contributed by atoms with Crippen LogP contribution in [0.4, 0.5) is 0 Å². The number of aliphatic hydroxyl groups is 1. The molecule has 2 aliphatic rings. The largest absolute Gasteiger partial charge is 0.488 e. The lowest BCUT2D eigenvalue weighted by Gasteiger charge is -2.34. The van der Waals surface area contributed by atoms with Crippen LogP contribution in [-0.4, -0.2) is 49.9 Å². The van der Waals surface area contributed by atoms with Crippen LogP contribution in [0.3, 0.4) is 0 Å². The normalized spacial score (nSPS) is 25.3. The molecule has 1 amide bonds. The first-order valence-corrected chi connectivity index (χ1v) is 10.8. The molecule has 4 atom stereocenters. The van der Waals surface area contributed by atoms with Gasteiger partial charge in [-0.15, -0.1) is 0 Å². The Balaban J connectivity index is 1.28. The number of nitrogens with zero attached hydrogens (tertiary/aromatic N) is 4. The fourth-order valence-corrected chi connectivity index (χ4v) is 4.92. The number of fused-ring (bicyclic) bond motifs is 1. The Bertz CT molecular complexity index is 1020. The zero-order valence-corrected chi connectivity index (χ0v) is 17.2. The minimum Gasteiger partial charge on any atom is -0.488 e. The second kappa shape index (κ2) is 8.51. The van der Waals surface area contributed by atoms with Crippen molar-refractivity contribution < 1.29 is 14.6 Å². The average molecular weight is 418 g/mol. The molecule has 0 unspecified atom stereocenters. The van der Waals surface area contributed by atoms with Gasteiger partial charge in [0.15, 0.2) is 0 Å². The topological polar surface area (TPSA) is 80.5 Å². The molecule has 0 bridgehead atoms. The van der Waals surface area contributed by atoms with Gasteiger partial charge in [-0.2, -0.15) is 5.10 Å². The minimum atomic E-state index is -0.473. The van der Waals surface area contributed by atoms with Crippen molar-refractivity contribution >= 4 is 5.91 Å². The summed E-state index contributed by atoms with van der Waals surface area (Å²) >= 11 is 0. The van der Waals surface area contributed by atoms with E-state index in [4.69, 9.17) is 4.74 Å². The summed E-state index contributed by atoms with van der Waals surface area (Å²) in [5, 5.41) is 14.9. The van der Waals surface area contributed by atoms with Gasteiger partial charge in [-0.3, -0.25) is 4.79 Å². The molecular formula is C24H26N4O3. The molecule has 3 aromatic rings. The zero-order chi connectivity index (χ0) is 21.2. The number of aliphatic hydroxyl groups excluding tert-OH is 1. The van der Waals surface area contributed by atoms with E-state index in [1.165, 1.54) is 6.33 Å². The number of benzene rings is 2. The van der Waals surface area contributed by atoms with Crippen LogP contribution < -0.4 is 4.74 Å². The molecule has 2 fully saturated rings. The molecule has 1 aromatic heterocycles. The third-order valence-electron chi connectivity index (χ3n) is 6.53. The van der Waals surface area contributed by atoms with Crippen LogP contribution in [0.5, 0.6) is 5.75 Å². The van der Waals surface area contributed by atoms with E-state index in [1.54, 1.807) is 11.0 Å². The van der Waals surface area contributed by atoms with Crippen molar-refractivity contribution in [1.82, 2.24) is 19.7 Å². The number of carbonyl (C=O) groups excluding carboxylic acids is 1. The zero-order valence-electron chi connectivity index (χ0n) is 17.2. The van der Waals surface area contributed by atoms with Crippen molar-refractivity contribution in [3.8, 4) is 5.75 Å². The van der Waals surface area contributed by atoms with Crippen molar-refractivity contribution in [2.75, 3.05) is 13.1 Å². The van der Waals surface area contributed by atoms with Gasteiger partial charge >= 0.3 is 0 Å². The van der Waals surface area contributed by atoms with Gasteiger partial charge in [0, 0.05) is 13.1 Å². The second-order valence-electron chi connectivity index (χ2n) is 8.48. The van der Waals surface area contributed by atoms with Crippen LogP contribution in [0.2, 0.25) is 0 Å². The van der Waals surface area contributed by atoms with Gasteiger partial charge in [-0.25, -0.2) is 9.67 Å². The quantitative estimate of drug-likeness (QED) is 0.689. The number of para-hydroxylation sites is 1. The van der Waals surface area contributed by atoms with E-state index < -0.39 is 6.10 Å². The SMILES string of the molecule is O=C(c1ccccc1OCc1ccccc1)N1C[C@H]2C[C@@H](n3cncn3)[C@H](O)C[C@H]2C1. The molecule has 5 rings (SSSR count). The summed E-state index contributed by atoms with van der Waals surface area (Å²) in [4.78, 5) is 19.3. The lowest BCUT2D eigenvalue weighted by atomic mass is 9.77. The lowest BCUT2D eigenvalue weighted by Crippen LogP contribution is -2.36. The summed E-state index contributed by atoms with van der Waals surface area (Å²) in [6, 6.07) is 17.3. The first kappa shape index (κ1) is 19.8. The van der Waals surface area contributed by atoms with E-state index in [-0.39, 0.29) is 11.9 Å². The van der Waals surface area contributed by atoms with Gasteiger partial charge < -0.3 is 14.7 Å². The molecule has 2 heterocycles. The molecule has 1 aliphatic heterocycles. The highest BCUT2D eigenvalue weighted by atomic mass is 16.5. The molecule has 7 heteroatoms. The summed E-state index contributed by atoms with van der Waals surface area (Å²) in [7, 11) is 0. The van der Waals surface area contributed by atoms with Crippen LogP contribution in [0.15, 0.2) is 67.3 Å². The summed E-state index contributed by atoms with van der Waals surface area (Å²) in [6.07, 6.45) is 4.15. The van der Waals surface area contributed by atoms with Crippen molar-refractivity contribution in [3.63, 3.8) is 0 Å². The van der Waals surface area contributed by atoms with E-state index in [0.29, 0.717) is 49.3 Å². The van der Waals surface area contributed by atoms with Gasteiger partial charge in [0.2, 0.25) is 0 Å². The first-order valence-electron chi connectivity index (χ1n) is 10.8. The maximum atomic E-state index is 13.4. The second-order valence-corrected chi connectivity index (χ2v) is 8.48. The summed E-state index contributed by atoms with van der Waals surface area (Å²) in [5.41, 5.74) is 1.65. The fraction of sp³-hybridized carbons (Fsp3) is 0.375. The van der Waals surface area contributed by atoms with Gasteiger partial charge in [0.25, 0.3) is 5.91 Å². The van der Waals surface area contributed by atoms with Crippen LogP contribution in [-0.2, 0) is 6.61 Å². The standard InChI is InChI=1S/C24H26N4O3/c29-22-11-19-13-27(12-18(19)10-21(22)28-16-25-15-26-28)24(30)20-8-4-5-9-23(20)31-14-17-6-2-1-3-7-17/h1-9,15-16,18-19,21-22,29H,10-14H2/t18-,19+,21-,22-/m1/s1. The van der Waals surface area contributed by atoms with Crippen LogP contribution in [0, 0.1) is 11.8 Å². The highest BCUT2D eigenvalue weighted by Gasteiger charge is 2.44. The number of rotatable bonds is 5. The summed E-state index contributed by atoms with van der Waals surface area (Å²) in [6.45, 7) is 1.77. The Labute approximate surface area is 181 Å². The molecule has 1 saturated carbocycles. The molecule has 1 N–H and O–H groups in total. The van der Waals surface area contributed by atoms with Gasteiger partial charge in [-0.1, -0.05) is 42.5 Å². The Kier molecular flexibility index (Phi) is 5.42. The van der Waals surface area contributed by atoms with E-state index in [0.717, 1.165) is 12.0 Å². The Morgan fingerprint density at radius 2 is 1.77 bits per heavy atom. The summed E-state index contributed by atoms with van der Waals surface area (Å²) in [5.74, 6) is 1.24. The minimum absolute atomic E-state index is 0.00939. The Morgan fingerprint density at radius 1 is 1.03 bits per heavy atom. The van der Waals surface area contributed by atoms with Crippen LogP contribution in [0.1, 0.15) is 34.8 Å². The molecule has 7 nitrogen and oxygen atoms in total. The molecule has 0 spiro atoms. The smallest absolute Gasteiger partial charge is 0.257 e. The highest BCUT2D eigenvalue weighted by molar-refractivity contribution is 5.97. The first-order chi connectivity index (χ1) is 15.2. The van der Waals surface area contributed by atoms with Gasteiger partial charge in [-0.05, 0) is 42.4 Å². The van der Waals surface area contributed by atoms with E-state index in [2.05, 4.69) is 10.1 Å².